The van der Waals surface area contributed by atoms with Gasteiger partial charge in [-0.1, -0.05) is 37.6 Å². The second kappa shape index (κ2) is 6.98. The molecule has 1 aromatic carbocycles. The Morgan fingerprint density at radius 2 is 2.17 bits per heavy atom. The van der Waals surface area contributed by atoms with E-state index in [4.69, 9.17) is 11.6 Å². The van der Waals surface area contributed by atoms with Crippen LogP contribution in [0.3, 0.4) is 0 Å². The molecule has 0 radical (unpaired) electrons. The van der Waals surface area contributed by atoms with Crippen molar-refractivity contribution in [2.75, 3.05) is 13.1 Å². The van der Waals surface area contributed by atoms with Crippen molar-refractivity contribution in [2.24, 2.45) is 13.0 Å². The van der Waals surface area contributed by atoms with Crippen molar-refractivity contribution < 1.29 is 4.79 Å². The van der Waals surface area contributed by atoms with E-state index in [1.54, 1.807) is 4.68 Å². The summed E-state index contributed by atoms with van der Waals surface area (Å²) in [7, 11) is 1.85. The number of hydrogen-bond donors (Lipinski definition) is 0. The zero-order chi connectivity index (χ0) is 17.3. The van der Waals surface area contributed by atoms with Crippen LogP contribution in [0.15, 0.2) is 30.3 Å². The van der Waals surface area contributed by atoms with Gasteiger partial charge in [0, 0.05) is 31.1 Å². The summed E-state index contributed by atoms with van der Waals surface area (Å²) in [5, 5.41) is 5.24. The second-order valence-electron chi connectivity index (χ2n) is 7.03. The zero-order valence-electron chi connectivity index (χ0n) is 14.5. The molecule has 0 N–H and O–H groups in total. The molecule has 1 aromatic heterocycles. The number of rotatable bonds is 4. The molecule has 1 aliphatic heterocycles. The summed E-state index contributed by atoms with van der Waals surface area (Å²) in [5.41, 5.74) is 2.88. The fraction of sp³-hybridized carbons (Fsp3) is 0.474. The third-order valence-corrected chi connectivity index (χ3v) is 4.80. The maximum absolute atomic E-state index is 12.8. The van der Waals surface area contributed by atoms with E-state index in [0.29, 0.717) is 17.5 Å². The van der Waals surface area contributed by atoms with Gasteiger partial charge in [0.1, 0.15) is 5.69 Å². The summed E-state index contributed by atoms with van der Waals surface area (Å²) in [4.78, 5) is 14.8. The summed E-state index contributed by atoms with van der Waals surface area (Å²) in [6.07, 6.45) is 1.87. The van der Waals surface area contributed by atoms with Crippen LogP contribution in [-0.4, -0.2) is 33.7 Å². The molecule has 2 aromatic rings. The summed E-state index contributed by atoms with van der Waals surface area (Å²) in [6, 6.07) is 9.89. The van der Waals surface area contributed by atoms with E-state index in [0.717, 1.165) is 36.6 Å². The number of amides is 1. The predicted molar refractivity (Wildman–Crippen MR) is 96.5 cm³/mol. The first-order valence-corrected chi connectivity index (χ1v) is 8.89. The second-order valence-corrected chi connectivity index (χ2v) is 7.47. The molecule has 1 amide bonds. The average molecular weight is 346 g/mol. The number of halogens is 1. The van der Waals surface area contributed by atoms with Gasteiger partial charge in [0.05, 0.1) is 5.69 Å². The molecule has 5 heteroatoms. The molecule has 0 saturated carbocycles. The molecule has 2 heterocycles. The van der Waals surface area contributed by atoms with Crippen molar-refractivity contribution in [2.45, 2.75) is 32.6 Å². The van der Waals surface area contributed by atoms with Gasteiger partial charge in [-0.2, -0.15) is 5.10 Å². The first-order valence-electron chi connectivity index (χ1n) is 8.51. The number of nitrogens with zero attached hydrogens (tertiary/aromatic N) is 3. The Morgan fingerprint density at radius 3 is 2.88 bits per heavy atom. The number of benzene rings is 1. The van der Waals surface area contributed by atoms with Gasteiger partial charge < -0.3 is 4.90 Å². The molecule has 128 valence electrons. The minimum absolute atomic E-state index is 0.0736. The molecular formula is C19H24ClN3O. The lowest BCUT2D eigenvalue weighted by atomic mass is 9.99. The molecule has 4 nitrogen and oxygen atoms in total. The van der Waals surface area contributed by atoms with E-state index in [1.807, 2.05) is 36.2 Å². The van der Waals surface area contributed by atoms with Gasteiger partial charge in [-0.25, -0.2) is 0 Å². The number of aryl methyl sites for hydroxylation is 1. The van der Waals surface area contributed by atoms with Gasteiger partial charge in [-0.15, -0.1) is 0 Å². The van der Waals surface area contributed by atoms with Crippen molar-refractivity contribution in [3.63, 3.8) is 0 Å². The number of carbonyl (C=O) groups excluding carboxylic acids is 1. The molecule has 24 heavy (non-hydrogen) atoms. The first kappa shape index (κ1) is 17.0. The first-order chi connectivity index (χ1) is 11.4. The number of likely N-dealkylation sites (tertiary alicyclic amines) is 1. The molecular weight excluding hydrogens is 322 g/mol. The molecule has 0 aliphatic carbocycles. The third kappa shape index (κ3) is 3.64. The predicted octanol–water partition coefficient (Wildman–Crippen LogP) is 3.90. The molecule has 0 spiro atoms. The maximum Gasteiger partial charge on any atom is 0.272 e. The van der Waals surface area contributed by atoms with Crippen LogP contribution in [0.2, 0.25) is 5.02 Å². The zero-order valence-corrected chi connectivity index (χ0v) is 15.3. The van der Waals surface area contributed by atoms with Crippen LogP contribution in [0.4, 0.5) is 0 Å². The van der Waals surface area contributed by atoms with Crippen molar-refractivity contribution in [3.05, 3.63) is 52.3 Å². The van der Waals surface area contributed by atoms with E-state index in [1.165, 1.54) is 5.56 Å². The molecule has 0 unspecified atom stereocenters. The Hall–Kier alpha value is -1.81. The highest BCUT2D eigenvalue weighted by Crippen LogP contribution is 2.29. The van der Waals surface area contributed by atoms with Gasteiger partial charge in [0.2, 0.25) is 0 Å². The summed E-state index contributed by atoms with van der Waals surface area (Å²) in [5.74, 6) is 0.961. The van der Waals surface area contributed by atoms with Crippen LogP contribution in [-0.2, 0) is 13.5 Å². The molecule has 3 rings (SSSR count). The Labute approximate surface area is 148 Å². The van der Waals surface area contributed by atoms with Crippen LogP contribution in [0.5, 0.6) is 0 Å². The SMILES string of the molecule is CC(C)Cc1cc(C(=O)N2CC[C@@H](c3cccc(Cl)c3)C2)n(C)n1. The average Bonchev–Trinajstić information content (AvgIpc) is 3.13. The van der Waals surface area contributed by atoms with Crippen LogP contribution in [0.25, 0.3) is 0 Å². The summed E-state index contributed by atoms with van der Waals surface area (Å²) >= 11 is 6.09. The molecule has 1 aliphatic rings. The van der Waals surface area contributed by atoms with Crippen LogP contribution >= 0.6 is 11.6 Å². The van der Waals surface area contributed by atoms with Crippen molar-refractivity contribution >= 4 is 17.5 Å². The number of hydrogen-bond acceptors (Lipinski definition) is 2. The topological polar surface area (TPSA) is 38.1 Å². The molecule has 1 fully saturated rings. The molecule has 1 saturated heterocycles. The normalized spacial score (nSPS) is 17.7. The Bertz CT molecular complexity index is 738. The van der Waals surface area contributed by atoms with E-state index in [9.17, 15) is 4.79 Å². The molecule has 1 atom stereocenters. The van der Waals surface area contributed by atoms with Crippen LogP contribution in [0.1, 0.15) is 47.9 Å². The highest BCUT2D eigenvalue weighted by atomic mass is 35.5. The van der Waals surface area contributed by atoms with E-state index in [2.05, 4.69) is 25.0 Å². The van der Waals surface area contributed by atoms with E-state index in [-0.39, 0.29) is 5.91 Å². The van der Waals surface area contributed by atoms with Crippen LogP contribution in [0, 0.1) is 5.92 Å². The van der Waals surface area contributed by atoms with Gasteiger partial charge >= 0.3 is 0 Å². The smallest absolute Gasteiger partial charge is 0.272 e. The number of aromatic nitrogens is 2. The number of carbonyl (C=O) groups is 1. The van der Waals surface area contributed by atoms with Crippen LogP contribution < -0.4 is 0 Å². The highest BCUT2D eigenvalue weighted by Gasteiger charge is 2.29. The Balaban J connectivity index is 1.71. The largest absolute Gasteiger partial charge is 0.337 e. The van der Waals surface area contributed by atoms with E-state index < -0.39 is 0 Å². The fourth-order valence-corrected chi connectivity index (χ4v) is 3.58. The van der Waals surface area contributed by atoms with Gasteiger partial charge in [0.15, 0.2) is 0 Å². The molecule has 0 bridgehead atoms. The third-order valence-electron chi connectivity index (χ3n) is 4.56. The Morgan fingerprint density at radius 1 is 1.38 bits per heavy atom. The highest BCUT2D eigenvalue weighted by molar-refractivity contribution is 6.30. The minimum atomic E-state index is 0.0736. The Kier molecular flexibility index (Phi) is 4.95. The standard InChI is InChI=1S/C19H24ClN3O/c1-13(2)9-17-11-18(22(3)21-17)19(24)23-8-7-15(12-23)14-5-4-6-16(20)10-14/h4-6,10-11,13,15H,7-9,12H2,1-3H3/t15-/m1/s1. The minimum Gasteiger partial charge on any atom is -0.337 e. The monoisotopic (exact) mass is 345 g/mol. The van der Waals surface area contributed by atoms with Crippen molar-refractivity contribution in [1.29, 1.82) is 0 Å². The van der Waals surface area contributed by atoms with Gasteiger partial charge in [0.25, 0.3) is 5.91 Å². The lowest BCUT2D eigenvalue weighted by Gasteiger charge is -2.16. The maximum atomic E-state index is 12.8. The summed E-state index contributed by atoms with van der Waals surface area (Å²) < 4.78 is 1.72. The quantitative estimate of drug-likeness (QED) is 0.842. The fourth-order valence-electron chi connectivity index (χ4n) is 3.38. The van der Waals surface area contributed by atoms with Crippen molar-refractivity contribution in [1.82, 2.24) is 14.7 Å². The van der Waals surface area contributed by atoms with Crippen molar-refractivity contribution in [3.8, 4) is 0 Å². The van der Waals surface area contributed by atoms with Gasteiger partial charge in [-0.05, 0) is 42.5 Å². The van der Waals surface area contributed by atoms with Gasteiger partial charge in [-0.3, -0.25) is 9.48 Å². The van der Waals surface area contributed by atoms with E-state index >= 15 is 0 Å². The lowest BCUT2D eigenvalue weighted by Crippen LogP contribution is -2.30. The lowest BCUT2D eigenvalue weighted by molar-refractivity contribution is 0.0780. The summed E-state index contributed by atoms with van der Waals surface area (Å²) in [6.45, 7) is 5.84.